The van der Waals surface area contributed by atoms with Crippen molar-refractivity contribution >= 4 is 27.3 Å². The van der Waals surface area contributed by atoms with Crippen LogP contribution < -0.4 is 5.32 Å². The first-order valence-electron chi connectivity index (χ1n) is 6.95. The lowest BCUT2D eigenvalue weighted by Gasteiger charge is -2.07. The third-order valence-electron chi connectivity index (χ3n) is 3.29. The minimum Gasteiger partial charge on any atom is -0.352 e. The molecule has 0 aliphatic carbocycles. The quantitative estimate of drug-likeness (QED) is 0.845. The Balaban J connectivity index is 1.94. The molecule has 1 amide bonds. The van der Waals surface area contributed by atoms with E-state index in [0.29, 0.717) is 18.0 Å². The average molecular weight is 374 g/mol. The van der Waals surface area contributed by atoms with Crippen LogP contribution in [-0.4, -0.2) is 26.6 Å². The summed E-state index contributed by atoms with van der Waals surface area (Å²) in [4.78, 5) is 11.4. The minimum atomic E-state index is -4.65. The summed E-state index contributed by atoms with van der Waals surface area (Å²) in [6.45, 7) is 0.373. The Kier molecular flexibility index (Phi) is 5.90. The number of carbonyl (C=O) groups is 1. The summed E-state index contributed by atoms with van der Waals surface area (Å²) in [5.41, 5.74) is 1.19. The molecule has 128 valence electrons. The summed E-state index contributed by atoms with van der Waals surface area (Å²) in [7, 11) is -4.65. The molecular formula is C16H14ClF2NO3S. The summed E-state index contributed by atoms with van der Waals surface area (Å²) >= 11 is 5.78. The van der Waals surface area contributed by atoms with Gasteiger partial charge >= 0.3 is 5.76 Å². The molecule has 0 heterocycles. The van der Waals surface area contributed by atoms with Crippen molar-refractivity contribution in [2.75, 3.05) is 6.54 Å². The lowest BCUT2D eigenvalue weighted by molar-refractivity contribution is 0.0954. The fourth-order valence-electron chi connectivity index (χ4n) is 1.97. The Morgan fingerprint density at radius 2 is 1.62 bits per heavy atom. The summed E-state index contributed by atoms with van der Waals surface area (Å²) in [5.74, 6) is -3.90. The highest BCUT2D eigenvalue weighted by molar-refractivity contribution is 7.91. The number of amides is 1. The van der Waals surface area contributed by atoms with Gasteiger partial charge in [-0.25, -0.2) is 8.42 Å². The zero-order valence-electron chi connectivity index (χ0n) is 12.4. The fraction of sp³-hybridized carbons (Fsp3) is 0.188. The molecule has 0 saturated heterocycles. The first-order valence-corrected chi connectivity index (χ1v) is 8.88. The van der Waals surface area contributed by atoms with E-state index in [-0.39, 0.29) is 5.56 Å². The van der Waals surface area contributed by atoms with E-state index in [0.717, 1.165) is 17.7 Å². The highest BCUT2D eigenvalue weighted by Gasteiger charge is 2.26. The Morgan fingerprint density at radius 1 is 1.04 bits per heavy atom. The molecule has 0 unspecified atom stereocenters. The van der Waals surface area contributed by atoms with Crippen LogP contribution in [0.5, 0.6) is 0 Å². The number of hydrogen-bond donors (Lipinski definition) is 1. The average Bonchev–Trinajstić information content (AvgIpc) is 2.56. The summed E-state index contributed by atoms with van der Waals surface area (Å²) in [6.07, 6.45) is 0.598. The SMILES string of the molecule is O=C(NCCc1ccc(Cl)cc1)c1ccc(S(=O)(=O)C(F)F)cc1. The number of hydrogen-bond acceptors (Lipinski definition) is 3. The van der Waals surface area contributed by atoms with E-state index in [1.807, 2.05) is 12.1 Å². The highest BCUT2D eigenvalue weighted by Crippen LogP contribution is 2.18. The van der Waals surface area contributed by atoms with Crippen LogP contribution in [-0.2, 0) is 16.3 Å². The van der Waals surface area contributed by atoms with Gasteiger partial charge in [-0.05, 0) is 48.4 Å². The maximum absolute atomic E-state index is 12.4. The van der Waals surface area contributed by atoms with Gasteiger partial charge in [0.25, 0.3) is 5.91 Å². The first-order chi connectivity index (χ1) is 11.3. The van der Waals surface area contributed by atoms with Crippen LogP contribution in [0.25, 0.3) is 0 Å². The third-order valence-corrected chi connectivity index (χ3v) is 4.94. The smallest absolute Gasteiger partial charge is 0.341 e. The molecule has 0 radical (unpaired) electrons. The van der Waals surface area contributed by atoms with E-state index in [2.05, 4.69) is 5.32 Å². The van der Waals surface area contributed by atoms with Gasteiger partial charge in [-0.2, -0.15) is 8.78 Å². The van der Waals surface area contributed by atoms with Crippen molar-refractivity contribution in [3.63, 3.8) is 0 Å². The molecule has 0 atom stereocenters. The molecule has 0 aromatic heterocycles. The Hall–Kier alpha value is -1.99. The second kappa shape index (κ2) is 7.72. The molecule has 0 fully saturated rings. The number of rotatable bonds is 6. The maximum atomic E-state index is 12.4. The van der Waals surface area contributed by atoms with Gasteiger partial charge in [0.2, 0.25) is 9.84 Å². The van der Waals surface area contributed by atoms with Crippen molar-refractivity contribution in [2.24, 2.45) is 0 Å². The lowest BCUT2D eigenvalue weighted by atomic mass is 10.1. The van der Waals surface area contributed by atoms with E-state index in [9.17, 15) is 22.0 Å². The van der Waals surface area contributed by atoms with E-state index in [1.165, 1.54) is 12.1 Å². The predicted molar refractivity (Wildman–Crippen MR) is 87.1 cm³/mol. The lowest BCUT2D eigenvalue weighted by Crippen LogP contribution is -2.25. The van der Waals surface area contributed by atoms with E-state index >= 15 is 0 Å². The molecule has 0 saturated carbocycles. The van der Waals surface area contributed by atoms with Crippen molar-refractivity contribution in [3.8, 4) is 0 Å². The van der Waals surface area contributed by atoms with Crippen LogP contribution in [0.4, 0.5) is 8.78 Å². The second-order valence-electron chi connectivity index (χ2n) is 4.96. The van der Waals surface area contributed by atoms with Gasteiger partial charge in [0, 0.05) is 17.1 Å². The largest absolute Gasteiger partial charge is 0.352 e. The molecule has 2 rings (SSSR count). The molecule has 4 nitrogen and oxygen atoms in total. The molecule has 0 bridgehead atoms. The molecule has 0 aliphatic heterocycles. The van der Waals surface area contributed by atoms with E-state index in [4.69, 9.17) is 11.6 Å². The van der Waals surface area contributed by atoms with Crippen LogP contribution >= 0.6 is 11.6 Å². The van der Waals surface area contributed by atoms with Crippen molar-refractivity contribution in [3.05, 3.63) is 64.7 Å². The van der Waals surface area contributed by atoms with Gasteiger partial charge in [-0.15, -0.1) is 0 Å². The van der Waals surface area contributed by atoms with Gasteiger partial charge in [-0.3, -0.25) is 4.79 Å². The van der Waals surface area contributed by atoms with Crippen molar-refractivity contribution < 1.29 is 22.0 Å². The van der Waals surface area contributed by atoms with Gasteiger partial charge in [0.05, 0.1) is 4.90 Å². The summed E-state index contributed by atoms with van der Waals surface area (Å²) in [5, 5.41) is 3.30. The predicted octanol–water partition coefficient (Wildman–Crippen LogP) is 3.31. The van der Waals surface area contributed by atoms with E-state index in [1.54, 1.807) is 12.1 Å². The fourth-order valence-corrected chi connectivity index (χ4v) is 2.82. The van der Waals surface area contributed by atoms with Gasteiger partial charge in [0.1, 0.15) is 0 Å². The number of halogens is 3. The first kappa shape index (κ1) is 18.4. The van der Waals surface area contributed by atoms with Gasteiger partial charge in [0.15, 0.2) is 0 Å². The van der Waals surface area contributed by atoms with Crippen LogP contribution in [0.1, 0.15) is 15.9 Å². The highest BCUT2D eigenvalue weighted by atomic mass is 35.5. The topological polar surface area (TPSA) is 63.2 Å². The summed E-state index contributed by atoms with van der Waals surface area (Å²) in [6, 6.07) is 11.6. The van der Waals surface area contributed by atoms with Crippen molar-refractivity contribution in [2.45, 2.75) is 17.1 Å². The number of nitrogens with one attached hydrogen (secondary N) is 1. The summed E-state index contributed by atoms with van der Waals surface area (Å²) < 4.78 is 47.5. The van der Waals surface area contributed by atoms with Crippen LogP contribution in [0, 0.1) is 0 Å². The van der Waals surface area contributed by atoms with Gasteiger partial charge in [-0.1, -0.05) is 23.7 Å². The standard InChI is InChI=1S/C16H14ClF2NO3S/c17-13-5-1-11(2-6-13)9-10-20-15(21)12-3-7-14(8-4-12)24(22,23)16(18)19/h1-8,16H,9-10H2,(H,20,21). The monoisotopic (exact) mass is 373 g/mol. The zero-order valence-corrected chi connectivity index (χ0v) is 13.9. The maximum Gasteiger partial charge on any atom is 0.341 e. The van der Waals surface area contributed by atoms with Crippen molar-refractivity contribution in [1.82, 2.24) is 5.32 Å². The molecule has 8 heteroatoms. The molecule has 0 aliphatic rings. The minimum absolute atomic E-state index is 0.194. The van der Waals surface area contributed by atoms with Crippen LogP contribution in [0.3, 0.4) is 0 Å². The van der Waals surface area contributed by atoms with E-state index < -0.39 is 26.4 Å². The number of alkyl halides is 2. The normalized spacial score (nSPS) is 11.5. The third kappa shape index (κ3) is 4.52. The van der Waals surface area contributed by atoms with Crippen LogP contribution in [0.2, 0.25) is 5.02 Å². The number of carbonyl (C=O) groups excluding carboxylic acids is 1. The van der Waals surface area contributed by atoms with Crippen LogP contribution in [0.15, 0.2) is 53.4 Å². The van der Waals surface area contributed by atoms with Gasteiger partial charge < -0.3 is 5.32 Å². The zero-order chi connectivity index (χ0) is 17.7. The Bertz CT molecular complexity index is 806. The molecule has 1 N–H and O–H groups in total. The Labute approximate surface area is 143 Å². The second-order valence-corrected chi connectivity index (χ2v) is 7.32. The van der Waals surface area contributed by atoms with Crippen molar-refractivity contribution in [1.29, 1.82) is 0 Å². The molecule has 0 spiro atoms. The number of benzene rings is 2. The molecule has 2 aromatic carbocycles. The molecule has 2 aromatic rings. The number of sulfone groups is 1. The Morgan fingerprint density at radius 3 is 2.17 bits per heavy atom. The molecular weight excluding hydrogens is 360 g/mol. The molecule has 24 heavy (non-hydrogen) atoms.